The highest BCUT2D eigenvalue weighted by atomic mass is 32.2. The number of amides is 1. The predicted octanol–water partition coefficient (Wildman–Crippen LogP) is 2.99. The van der Waals surface area contributed by atoms with Crippen molar-refractivity contribution in [1.29, 1.82) is 0 Å². The summed E-state index contributed by atoms with van der Waals surface area (Å²) in [5.41, 5.74) is 2.22. The normalized spacial score (nSPS) is 11.3. The van der Waals surface area contributed by atoms with E-state index < -0.39 is 15.7 Å². The summed E-state index contributed by atoms with van der Waals surface area (Å²) in [4.78, 5) is 31.0. The third-order valence-electron chi connectivity index (χ3n) is 5.71. The first-order valence-corrected chi connectivity index (χ1v) is 12.5. The molecule has 0 unspecified atom stereocenters. The summed E-state index contributed by atoms with van der Waals surface area (Å²) in [5, 5.41) is 0. The van der Waals surface area contributed by atoms with E-state index in [0.717, 1.165) is 5.56 Å². The minimum atomic E-state index is -3.90. The third-order valence-corrected chi connectivity index (χ3v) is 7.09. The number of hydrogen-bond acceptors (Lipinski definition) is 6. The van der Waals surface area contributed by atoms with Gasteiger partial charge in [0.05, 0.1) is 30.1 Å². The molecule has 11 heteroatoms. The molecule has 0 fully saturated rings. The van der Waals surface area contributed by atoms with Gasteiger partial charge in [0.1, 0.15) is 0 Å². The number of fused-ring (bicyclic) bond motifs is 1. The fourth-order valence-corrected chi connectivity index (χ4v) is 4.81. The number of ether oxygens (including phenoxy) is 2. The first-order valence-electron chi connectivity index (χ1n) is 11.0. The van der Waals surface area contributed by atoms with Crippen LogP contribution in [-0.4, -0.2) is 57.0 Å². The van der Waals surface area contributed by atoms with Gasteiger partial charge in [0, 0.05) is 24.8 Å². The van der Waals surface area contributed by atoms with Crippen molar-refractivity contribution in [3.05, 3.63) is 82.3 Å². The lowest BCUT2D eigenvalue weighted by molar-refractivity contribution is 0.0796. The first-order chi connectivity index (χ1) is 17.2. The number of carbonyl (C=O) groups excluding carboxylic acids is 1. The van der Waals surface area contributed by atoms with Crippen molar-refractivity contribution >= 4 is 32.7 Å². The zero-order chi connectivity index (χ0) is 25.9. The molecule has 1 aromatic heterocycles. The van der Waals surface area contributed by atoms with Crippen LogP contribution < -0.4 is 19.9 Å². The molecule has 1 amide bonds. The second-order valence-electron chi connectivity index (χ2n) is 8.14. The lowest BCUT2D eigenvalue weighted by atomic mass is 10.1. The molecule has 0 saturated heterocycles. The molecule has 0 bridgehead atoms. The van der Waals surface area contributed by atoms with Crippen molar-refractivity contribution in [1.82, 2.24) is 14.9 Å². The third kappa shape index (κ3) is 5.36. The number of aromatic nitrogens is 2. The van der Waals surface area contributed by atoms with Crippen LogP contribution in [0.15, 0.2) is 70.4 Å². The van der Waals surface area contributed by atoms with Gasteiger partial charge in [0.15, 0.2) is 11.5 Å². The fourth-order valence-electron chi connectivity index (χ4n) is 3.73. The molecule has 3 N–H and O–H groups in total. The fraction of sp³-hybridized carbons (Fsp3) is 0.200. The van der Waals surface area contributed by atoms with Crippen molar-refractivity contribution in [3.63, 3.8) is 0 Å². The van der Waals surface area contributed by atoms with Crippen LogP contribution in [0.25, 0.3) is 11.0 Å². The summed E-state index contributed by atoms with van der Waals surface area (Å²) >= 11 is 0. The van der Waals surface area contributed by atoms with Gasteiger partial charge in [0.25, 0.3) is 15.9 Å². The average molecular weight is 511 g/mol. The number of methoxy groups -OCH3 is 2. The summed E-state index contributed by atoms with van der Waals surface area (Å²) in [6.07, 6.45) is 0.622. The molecular weight excluding hydrogens is 484 g/mol. The van der Waals surface area contributed by atoms with Crippen LogP contribution in [0.5, 0.6) is 11.5 Å². The van der Waals surface area contributed by atoms with Crippen LogP contribution in [0.2, 0.25) is 0 Å². The lowest BCUT2D eigenvalue weighted by Crippen LogP contribution is -2.28. The highest BCUT2D eigenvalue weighted by Crippen LogP contribution is 2.28. The monoisotopic (exact) mass is 510 g/mol. The summed E-state index contributed by atoms with van der Waals surface area (Å²) in [6.45, 7) is 0.479. The number of hydrogen-bond donors (Lipinski definition) is 3. The van der Waals surface area contributed by atoms with Gasteiger partial charge in [-0.25, -0.2) is 13.2 Å². The van der Waals surface area contributed by atoms with Gasteiger partial charge in [-0.05, 0) is 66.6 Å². The molecule has 0 saturated carbocycles. The number of aromatic amines is 2. The van der Waals surface area contributed by atoms with E-state index in [0.29, 0.717) is 46.7 Å². The van der Waals surface area contributed by atoms with Gasteiger partial charge >= 0.3 is 5.69 Å². The summed E-state index contributed by atoms with van der Waals surface area (Å²) in [6, 6.07) is 16.1. The topological polar surface area (TPSA) is 134 Å². The van der Waals surface area contributed by atoms with Gasteiger partial charge in [-0.15, -0.1) is 0 Å². The summed E-state index contributed by atoms with van der Waals surface area (Å²) < 4.78 is 38.6. The van der Waals surface area contributed by atoms with E-state index in [1.54, 1.807) is 38.3 Å². The van der Waals surface area contributed by atoms with E-state index in [4.69, 9.17) is 9.47 Å². The average Bonchev–Trinajstić information content (AvgIpc) is 3.26. The number of benzene rings is 3. The minimum absolute atomic E-state index is 0.000277. The predicted molar refractivity (Wildman–Crippen MR) is 136 cm³/mol. The molecule has 4 rings (SSSR count). The number of likely N-dealkylation sites (N-methyl/N-ethyl adjacent to an activating group) is 1. The van der Waals surface area contributed by atoms with Gasteiger partial charge < -0.3 is 24.3 Å². The number of sulfonamides is 1. The van der Waals surface area contributed by atoms with Gasteiger partial charge in [-0.3, -0.25) is 9.52 Å². The number of carbonyl (C=O) groups is 1. The molecule has 0 atom stereocenters. The molecule has 1 heterocycles. The van der Waals surface area contributed by atoms with E-state index >= 15 is 0 Å². The molecule has 0 aliphatic rings. The summed E-state index contributed by atoms with van der Waals surface area (Å²) in [7, 11) is 0.962. The van der Waals surface area contributed by atoms with Crippen molar-refractivity contribution in [2.75, 3.05) is 32.5 Å². The number of nitrogens with one attached hydrogen (secondary N) is 3. The maximum Gasteiger partial charge on any atom is 0.323 e. The Morgan fingerprint density at radius 1 is 0.917 bits per heavy atom. The zero-order valence-corrected chi connectivity index (χ0v) is 20.8. The first kappa shape index (κ1) is 24.9. The number of imidazole rings is 1. The van der Waals surface area contributed by atoms with Gasteiger partial charge in [-0.2, -0.15) is 0 Å². The van der Waals surface area contributed by atoms with Crippen molar-refractivity contribution in [3.8, 4) is 11.5 Å². The Bertz CT molecular complexity index is 1560. The highest BCUT2D eigenvalue weighted by Gasteiger charge is 2.17. The zero-order valence-electron chi connectivity index (χ0n) is 20.0. The number of nitrogens with zero attached hydrogens (tertiary/aromatic N) is 1. The maximum atomic E-state index is 12.8. The largest absolute Gasteiger partial charge is 0.493 e. The second kappa shape index (κ2) is 10.2. The van der Waals surface area contributed by atoms with Crippen LogP contribution in [0.1, 0.15) is 15.9 Å². The number of H-pyrrole nitrogens is 2. The molecule has 3 aromatic carbocycles. The standard InChI is InChI=1S/C25H26N4O6S/c1-29(13-12-16-4-11-22(34-2)23(14-16)35-3)24(30)17-5-7-18(8-6-17)28-36(32,33)19-9-10-20-21(15-19)27-25(31)26-20/h4-11,14-15,28H,12-13H2,1-3H3,(H2,26,27,31). The molecule has 4 aromatic rings. The quantitative estimate of drug-likeness (QED) is 0.317. The molecule has 36 heavy (non-hydrogen) atoms. The maximum absolute atomic E-state index is 12.8. The minimum Gasteiger partial charge on any atom is -0.493 e. The Morgan fingerprint density at radius 3 is 2.31 bits per heavy atom. The Labute approximate surface area is 207 Å². The van der Waals surface area contributed by atoms with Gasteiger partial charge in [0.2, 0.25) is 0 Å². The highest BCUT2D eigenvalue weighted by molar-refractivity contribution is 7.92. The van der Waals surface area contributed by atoms with E-state index in [2.05, 4.69) is 14.7 Å². The van der Waals surface area contributed by atoms with Crippen LogP contribution in [-0.2, 0) is 16.4 Å². The molecule has 0 radical (unpaired) electrons. The number of anilines is 1. The Morgan fingerprint density at radius 2 is 1.61 bits per heavy atom. The van der Waals surface area contributed by atoms with Crippen molar-refractivity contribution in [2.45, 2.75) is 11.3 Å². The van der Waals surface area contributed by atoms with Gasteiger partial charge in [-0.1, -0.05) is 6.07 Å². The van der Waals surface area contributed by atoms with Crippen LogP contribution >= 0.6 is 0 Å². The Balaban J connectivity index is 1.40. The molecule has 0 aliphatic heterocycles. The molecule has 188 valence electrons. The van der Waals surface area contributed by atoms with E-state index in [1.165, 1.54) is 30.3 Å². The molecule has 0 spiro atoms. The smallest absolute Gasteiger partial charge is 0.323 e. The van der Waals surface area contributed by atoms with E-state index in [1.807, 2.05) is 18.2 Å². The van der Waals surface area contributed by atoms with E-state index in [9.17, 15) is 18.0 Å². The van der Waals surface area contributed by atoms with Crippen LogP contribution in [0.3, 0.4) is 0 Å². The second-order valence-corrected chi connectivity index (χ2v) is 9.82. The SMILES string of the molecule is COc1ccc(CCN(C)C(=O)c2ccc(NS(=O)(=O)c3ccc4[nH]c(=O)[nH]c4c3)cc2)cc1OC. The Kier molecular flexibility index (Phi) is 7.02. The Hall–Kier alpha value is -4.25. The van der Waals surface area contributed by atoms with Crippen LogP contribution in [0.4, 0.5) is 5.69 Å². The van der Waals surface area contributed by atoms with Crippen LogP contribution in [0, 0.1) is 0 Å². The summed E-state index contributed by atoms with van der Waals surface area (Å²) in [5.74, 6) is 1.08. The lowest BCUT2D eigenvalue weighted by Gasteiger charge is -2.18. The number of rotatable bonds is 9. The molecular formula is C25H26N4O6S. The van der Waals surface area contributed by atoms with Crippen molar-refractivity contribution in [2.24, 2.45) is 0 Å². The van der Waals surface area contributed by atoms with E-state index in [-0.39, 0.29) is 10.8 Å². The molecule has 10 nitrogen and oxygen atoms in total. The molecule has 0 aliphatic carbocycles. The van der Waals surface area contributed by atoms with Crippen molar-refractivity contribution < 1.29 is 22.7 Å².